The highest BCUT2D eigenvalue weighted by Crippen LogP contribution is 2.18. The third kappa shape index (κ3) is 3.61. The zero-order chi connectivity index (χ0) is 14.6. The molecule has 1 unspecified atom stereocenters. The maximum absolute atomic E-state index is 12.1. The Morgan fingerprint density at radius 1 is 1.30 bits per heavy atom. The summed E-state index contributed by atoms with van der Waals surface area (Å²) in [5.74, 6) is 0.561. The zero-order valence-corrected chi connectivity index (χ0v) is 12.3. The van der Waals surface area contributed by atoms with Crippen molar-refractivity contribution in [1.82, 2.24) is 4.72 Å². The molecule has 5 nitrogen and oxygen atoms in total. The van der Waals surface area contributed by atoms with Gasteiger partial charge in [0.1, 0.15) is 11.9 Å². The van der Waals surface area contributed by atoms with E-state index in [1.165, 1.54) is 37.6 Å². The van der Waals surface area contributed by atoms with E-state index in [4.69, 9.17) is 20.8 Å². The lowest BCUT2D eigenvalue weighted by Gasteiger charge is -2.14. The van der Waals surface area contributed by atoms with Gasteiger partial charge >= 0.3 is 0 Å². The van der Waals surface area contributed by atoms with Gasteiger partial charge in [-0.25, -0.2) is 13.1 Å². The maximum atomic E-state index is 12.1. The van der Waals surface area contributed by atoms with Crippen molar-refractivity contribution in [2.24, 2.45) is 0 Å². The highest BCUT2D eigenvalue weighted by molar-refractivity contribution is 7.89. The number of furan rings is 1. The number of hydrogen-bond acceptors (Lipinski definition) is 4. The Morgan fingerprint density at radius 3 is 2.55 bits per heavy atom. The molecule has 1 atom stereocenters. The third-order valence-corrected chi connectivity index (χ3v) is 4.42. The first-order valence-electron chi connectivity index (χ1n) is 5.84. The molecule has 0 saturated heterocycles. The molecule has 0 aliphatic rings. The van der Waals surface area contributed by atoms with Crippen molar-refractivity contribution in [2.45, 2.75) is 11.0 Å². The van der Waals surface area contributed by atoms with Crippen molar-refractivity contribution >= 4 is 21.6 Å². The van der Waals surface area contributed by atoms with Crippen LogP contribution in [-0.4, -0.2) is 22.1 Å². The van der Waals surface area contributed by atoms with Gasteiger partial charge < -0.3 is 9.15 Å². The van der Waals surface area contributed by atoms with Gasteiger partial charge in [0.2, 0.25) is 10.0 Å². The minimum Gasteiger partial charge on any atom is -0.467 e. The molecule has 0 spiro atoms. The lowest BCUT2D eigenvalue weighted by molar-refractivity contribution is 0.0878. The van der Waals surface area contributed by atoms with E-state index >= 15 is 0 Å². The Balaban J connectivity index is 2.07. The lowest BCUT2D eigenvalue weighted by Crippen LogP contribution is -2.29. The molecule has 0 aliphatic heterocycles. The van der Waals surface area contributed by atoms with Crippen LogP contribution < -0.4 is 4.72 Å². The van der Waals surface area contributed by atoms with Crippen molar-refractivity contribution in [3.05, 3.63) is 53.4 Å². The molecule has 7 heteroatoms. The number of sulfonamides is 1. The smallest absolute Gasteiger partial charge is 0.240 e. The van der Waals surface area contributed by atoms with Crippen LogP contribution in [0.1, 0.15) is 11.9 Å². The van der Waals surface area contributed by atoms with E-state index in [2.05, 4.69) is 4.72 Å². The minimum atomic E-state index is -3.60. The van der Waals surface area contributed by atoms with Crippen LogP contribution in [0.2, 0.25) is 5.02 Å². The van der Waals surface area contributed by atoms with Gasteiger partial charge in [-0.3, -0.25) is 0 Å². The van der Waals surface area contributed by atoms with Crippen molar-refractivity contribution < 1.29 is 17.6 Å². The maximum Gasteiger partial charge on any atom is 0.240 e. The normalized spacial score (nSPS) is 13.3. The van der Waals surface area contributed by atoms with E-state index in [1.54, 1.807) is 12.1 Å². The molecule has 0 aliphatic carbocycles. The first kappa shape index (κ1) is 15.1. The number of ether oxygens (including phenoxy) is 1. The van der Waals surface area contributed by atoms with Gasteiger partial charge in [-0.15, -0.1) is 0 Å². The number of halogens is 1. The number of benzene rings is 1. The molecule has 0 bridgehead atoms. The van der Waals surface area contributed by atoms with E-state index in [9.17, 15) is 8.42 Å². The van der Waals surface area contributed by atoms with Gasteiger partial charge in [-0.2, -0.15) is 0 Å². The van der Waals surface area contributed by atoms with Crippen LogP contribution in [0.25, 0.3) is 0 Å². The summed E-state index contributed by atoms with van der Waals surface area (Å²) in [4.78, 5) is 0.149. The molecule has 2 aromatic rings. The third-order valence-electron chi connectivity index (χ3n) is 2.73. The Labute approximate surface area is 122 Å². The monoisotopic (exact) mass is 315 g/mol. The van der Waals surface area contributed by atoms with Gasteiger partial charge in [0.25, 0.3) is 0 Å². The van der Waals surface area contributed by atoms with Crippen LogP contribution in [0.5, 0.6) is 0 Å². The molecule has 1 aromatic carbocycles. The van der Waals surface area contributed by atoms with Gasteiger partial charge in [-0.1, -0.05) is 11.6 Å². The molecule has 108 valence electrons. The van der Waals surface area contributed by atoms with Crippen LogP contribution in [0.15, 0.2) is 52.0 Å². The van der Waals surface area contributed by atoms with E-state index in [0.29, 0.717) is 10.8 Å². The SMILES string of the molecule is COC(CNS(=O)(=O)c1ccc(Cl)cc1)c1ccco1. The Hall–Kier alpha value is -1.34. The Kier molecular flexibility index (Phi) is 4.82. The van der Waals surface area contributed by atoms with Crippen molar-refractivity contribution in [1.29, 1.82) is 0 Å². The van der Waals surface area contributed by atoms with Crippen molar-refractivity contribution in [3.8, 4) is 0 Å². The predicted octanol–water partition coefficient (Wildman–Crippen LogP) is 2.60. The summed E-state index contributed by atoms with van der Waals surface area (Å²) in [5, 5.41) is 0.481. The van der Waals surface area contributed by atoms with Crippen LogP contribution >= 0.6 is 11.6 Å². The van der Waals surface area contributed by atoms with E-state index in [-0.39, 0.29) is 11.4 Å². The summed E-state index contributed by atoms with van der Waals surface area (Å²) in [6.07, 6.45) is 1.03. The van der Waals surface area contributed by atoms with Gasteiger partial charge in [-0.05, 0) is 36.4 Å². The quantitative estimate of drug-likeness (QED) is 0.889. The first-order valence-corrected chi connectivity index (χ1v) is 7.70. The summed E-state index contributed by atoms with van der Waals surface area (Å²) in [5.41, 5.74) is 0. The first-order chi connectivity index (χ1) is 9.53. The molecule has 0 amide bonds. The number of rotatable bonds is 6. The Morgan fingerprint density at radius 2 is 2.00 bits per heavy atom. The fourth-order valence-electron chi connectivity index (χ4n) is 1.66. The van der Waals surface area contributed by atoms with Gasteiger partial charge in [0.15, 0.2) is 0 Å². The average Bonchev–Trinajstić information content (AvgIpc) is 2.94. The summed E-state index contributed by atoms with van der Waals surface area (Å²) < 4.78 is 37.1. The number of hydrogen-bond donors (Lipinski definition) is 1. The zero-order valence-electron chi connectivity index (χ0n) is 10.7. The second-order valence-corrected chi connectivity index (χ2v) is 6.25. The van der Waals surface area contributed by atoms with Crippen molar-refractivity contribution in [3.63, 3.8) is 0 Å². The average molecular weight is 316 g/mol. The fourth-order valence-corrected chi connectivity index (χ4v) is 2.81. The molecule has 1 heterocycles. The molecular weight excluding hydrogens is 302 g/mol. The van der Waals surface area contributed by atoms with Gasteiger partial charge in [0.05, 0.1) is 11.2 Å². The topological polar surface area (TPSA) is 68.5 Å². The molecular formula is C13H14ClNO4S. The number of nitrogens with one attached hydrogen (secondary N) is 1. The standard InChI is InChI=1S/C13H14ClNO4S/c1-18-13(12-3-2-8-19-12)9-15-20(16,17)11-6-4-10(14)5-7-11/h2-8,13,15H,9H2,1H3. The molecule has 0 saturated carbocycles. The highest BCUT2D eigenvalue weighted by Gasteiger charge is 2.19. The molecule has 1 N–H and O–H groups in total. The second-order valence-electron chi connectivity index (χ2n) is 4.05. The lowest BCUT2D eigenvalue weighted by atomic mass is 10.3. The van der Waals surface area contributed by atoms with Crippen LogP contribution in [0, 0.1) is 0 Å². The molecule has 1 aromatic heterocycles. The van der Waals surface area contributed by atoms with Crippen LogP contribution in [0.4, 0.5) is 0 Å². The predicted molar refractivity (Wildman–Crippen MR) is 75.1 cm³/mol. The highest BCUT2D eigenvalue weighted by atomic mass is 35.5. The van der Waals surface area contributed by atoms with E-state index < -0.39 is 16.1 Å². The largest absolute Gasteiger partial charge is 0.467 e. The molecule has 20 heavy (non-hydrogen) atoms. The van der Waals surface area contributed by atoms with Gasteiger partial charge in [0, 0.05) is 18.7 Å². The molecule has 0 fully saturated rings. The Bertz CT molecular complexity index is 638. The van der Waals surface area contributed by atoms with Crippen LogP contribution in [-0.2, 0) is 14.8 Å². The minimum absolute atomic E-state index is 0.0783. The van der Waals surface area contributed by atoms with E-state index in [1.807, 2.05) is 0 Å². The summed E-state index contributed by atoms with van der Waals surface area (Å²) in [6, 6.07) is 9.38. The van der Waals surface area contributed by atoms with Crippen molar-refractivity contribution in [2.75, 3.05) is 13.7 Å². The number of methoxy groups -OCH3 is 1. The summed E-state index contributed by atoms with van der Waals surface area (Å²) in [7, 11) is -2.11. The fraction of sp³-hybridized carbons (Fsp3) is 0.231. The second kappa shape index (κ2) is 6.41. The van der Waals surface area contributed by atoms with Crippen LogP contribution in [0.3, 0.4) is 0 Å². The summed E-state index contributed by atoms with van der Waals surface area (Å²) >= 11 is 5.73. The molecule has 0 radical (unpaired) electrons. The van der Waals surface area contributed by atoms with E-state index in [0.717, 1.165) is 0 Å². The molecule has 2 rings (SSSR count). The summed E-state index contributed by atoms with van der Waals surface area (Å²) in [6.45, 7) is 0.0783.